The molecule has 0 radical (unpaired) electrons. The Morgan fingerprint density at radius 1 is 1.13 bits per heavy atom. The summed E-state index contributed by atoms with van der Waals surface area (Å²) in [4.78, 5) is 25.6. The number of carbonyl (C=O) groups is 2. The fraction of sp³-hybridized carbons (Fsp3) is 0.926. The number of rotatable bonds is 7. The van der Waals surface area contributed by atoms with E-state index in [1.54, 1.807) is 0 Å². The number of unbranched alkanes of at least 4 members (excludes halogenated alkanes) is 1. The predicted octanol–water partition coefficient (Wildman–Crippen LogP) is 6.35. The minimum Gasteiger partial charge on any atom is -0.469 e. The molecule has 7 unspecified atom stereocenters. The van der Waals surface area contributed by atoms with Gasteiger partial charge in [0, 0.05) is 18.8 Å². The molecule has 0 spiro atoms. The second-order valence-corrected chi connectivity index (χ2v) is 12.2. The first-order chi connectivity index (χ1) is 14.5. The lowest BCUT2D eigenvalue weighted by atomic mass is 9.46. The van der Waals surface area contributed by atoms with Crippen molar-refractivity contribution in [1.82, 2.24) is 0 Å². The van der Waals surface area contributed by atoms with Crippen LogP contribution in [0.15, 0.2) is 0 Å². The van der Waals surface area contributed by atoms with Crippen molar-refractivity contribution in [3.63, 3.8) is 0 Å². The number of methoxy groups -OCH3 is 1. The molecule has 7 atom stereocenters. The number of hydrogen-bond acceptors (Lipinski definition) is 4. The molecule has 0 heterocycles. The SMILES string of the molecule is CCCCC1C(=O)CC2C3CCC(OC(C)(C)C)C3(C)CCC2C1(C)CCC(=O)OC. The second-order valence-electron chi connectivity index (χ2n) is 12.2. The molecule has 3 aliphatic carbocycles. The van der Waals surface area contributed by atoms with Gasteiger partial charge in [0.05, 0.1) is 18.8 Å². The molecule has 3 aliphatic rings. The maximum atomic E-state index is 13.5. The third-order valence-corrected chi connectivity index (χ3v) is 9.26. The summed E-state index contributed by atoms with van der Waals surface area (Å²) in [7, 11) is 1.47. The van der Waals surface area contributed by atoms with Crippen LogP contribution in [-0.2, 0) is 19.1 Å². The molecule has 4 heteroatoms. The van der Waals surface area contributed by atoms with Gasteiger partial charge in [0.25, 0.3) is 0 Å². The largest absolute Gasteiger partial charge is 0.469 e. The number of fused-ring (bicyclic) bond motifs is 3. The van der Waals surface area contributed by atoms with E-state index < -0.39 is 0 Å². The molecule has 4 nitrogen and oxygen atoms in total. The molecule has 3 fully saturated rings. The van der Waals surface area contributed by atoms with Crippen molar-refractivity contribution in [1.29, 1.82) is 0 Å². The van der Waals surface area contributed by atoms with Crippen molar-refractivity contribution >= 4 is 11.8 Å². The molecule has 0 amide bonds. The molecule has 0 bridgehead atoms. The average Bonchev–Trinajstić information content (AvgIpc) is 3.01. The van der Waals surface area contributed by atoms with Crippen LogP contribution in [-0.4, -0.2) is 30.6 Å². The summed E-state index contributed by atoms with van der Waals surface area (Å²) in [5.41, 5.74) is -0.0794. The molecule has 3 rings (SSSR count). The van der Waals surface area contributed by atoms with E-state index >= 15 is 0 Å². The molecular formula is C27H46O4. The van der Waals surface area contributed by atoms with E-state index in [2.05, 4.69) is 41.5 Å². The number of ether oxygens (including phenoxy) is 2. The highest BCUT2D eigenvalue weighted by Gasteiger charge is 2.61. The van der Waals surface area contributed by atoms with E-state index in [0.717, 1.165) is 44.9 Å². The van der Waals surface area contributed by atoms with Gasteiger partial charge < -0.3 is 9.47 Å². The minimum atomic E-state index is -0.148. The van der Waals surface area contributed by atoms with Crippen LogP contribution < -0.4 is 0 Å². The highest BCUT2D eigenvalue weighted by atomic mass is 16.5. The fourth-order valence-corrected chi connectivity index (χ4v) is 7.70. The van der Waals surface area contributed by atoms with Crippen LogP contribution in [0.3, 0.4) is 0 Å². The van der Waals surface area contributed by atoms with Crippen molar-refractivity contribution in [3.05, 3.63) is 0 Å². The maximum absolute atomic E-state index is 13.5. The topological polar surface area (TPSA) is 52.6 Å². The summed E-state index contributed by atoms with van der Waals surface area (Å²) < 4.78 is 11.5. The van der Waals surface area contributed by atoms with Gasteiger partial charge in [0.1, 0.15) is 5.78 Å². The quantitative estimate of drug-likeness (QED) is 0.438. The molecule has 0 aromatic heterocycles. The van der Waals surface area contributed by atoms with E-state index in [0.29, 0.717) is 30.0 Å². The van der Waals surface area contributed by atoms with Crippen LogP contribution >= 0.6 is 0 Å². The highest BCUT2D eigenvalue weighted by Crippen LogP contribution is 2.65. The summed E-state index contributed by atoms with van der Waals surface area (Å²) >= 11 is 0. The minimum absolute atomic E-state index is 0.0886. The van der Waals surface area contributed by atoms with Crippen LogP contribution in [0.25, 0.3) is 0 Å². The lowest BCUT2D eigenvalue weighted by molar-refractivity contribution is -0.165. The van der Waals surface area contributed by atoms with Gasteiger partial charge >= 0.3 is 5.97 Å². The standard InChI is InChI=1S/C27H46O4/c1-8-9-10-21-22(28)17-18-19-11-12-23(31-25(2,3)4)27(19,6)15-13-20(18)26(21,5)16-14-24(29)30-7/h18-21,23H,8-17H2,1-7H3. The molecule has 0 aromatic carbocycles. The Bertz CT molecular complexity index is 665. The van der Waals surface area contributed by atoms with Gasteiger partial charge in [-0.05, 0) is 87.9 Å². The summed E-state index contributed by atoms with van der Waals surface area (Å²) in [6, 6.07) is 0. The lowest BCUT2D eigenvalue weighted by Gasteiger charge is -2.58. The van der Waals surface area contributed by atoms with E-state index in [-0.39, 0.29) is 34.4 Å². The average molecular weight is 435 g/mol. The highest BCUT2D eigenvalue weighted by molar-refractivity contribution is 5.83. The number of hydrogen-bond donors (Lipinski definition) is 0. The first-order valence-corrected chi connectivity index (χ1v) is 12.7. The van der Waals surface area contributed by atoms with E-state index in [1.807, 2.05) is 0 Å². The van der Waals surface area contributed by atoms with Gasteiger partial charge in [-0.1, -0.05) is 33.6 Å². The van der Waals surface area contributed by atoms with Gasteiger partial charge in [-0.15, -0.1) is 0 Å². The van der Waals surface area contributed by atoms with Gasteiger partial charge in [-0.2, -0.15) is 0 Å². The fourth-order valence-electron chi connectivity index (χ4n) is 7.70. The van der Waals surface area contributed by atoms with Crippen LogP contribution in [0.2, 0.25) is 0 Å². The zero-order chi connectivity index (χ0) is 23.0. The third-order valence-electron chi connectivity index (χ3n) is 9.26. The molecule has 0 aliphatic heterocycles. The molecule has 0 N–H and O–H groups in total. The third kappa shape index (κ3) is 4.75. The second kappa shape index (κ2) is 9.15. The monoisotopic (exact) mass is 434 g/mol. The Balaban J connectivity index is 1.88. The van der Waals surface area contributed by atoms with Crippen molar-refractivity contribution < 1.29 is 19.1 Å². The van der Waals surface area contributed by atoms with E-state index in [4.69, 9.17) is 9.47 Å². The normalized spacial score (nSPS) is 40.4. The van der Waals surface area contributed by atoms with Crippen molar-refractivity contribution in [3.8, 4) is 0 Å². The number of carbonyl (C=O) groups excluding carboxylic acids is 2. The Morgan fingerprint density at radius 3 is 2.45 bits per heavy atom. The Hall–Kier alpha value is -0.900. The van der Waals surface area contributed by atoms with Gasteiger partial charge in [-0.25, -0.2) is 0 Å². The van der Waals surface area contributed by atoms with E-state index in [1.165, 1.54) is 20.0 Å². The van der Waals surface area contributed by atoms with Crippen molar-refractivity contribution in [2.24, 2.45) is 34.5 Å². The molecule has 0 aromatic rings. The van der Waals surface area contributed by atoms with Gasteiger partial charge in [-0.3, -0.25) is 9.59 Å². The Kier molecular flexibility index (Phi) is 7.30. The van der Waals surface area contributed by atoms with Crippen LogP contribution in [0.5, 0.6) is 0 Å². The van der Waals surface area contributed by atoms with Gasteiger partial charge in [0.15, 0.2) is 0 Å². The van der Waals surface area contributed by atoms with Gasteiger partial charge in [0.2, 0.25) is 0 Å². The van der Waals surface area contributed by atoms with Crippen LogP contribution in [0, 0.1) is 34.5 Å². The number of ketones is 1. The maximum Gasteiger partial charge on any atom is 0.305 e. The molecule has 31 heavy (non-hydrogen) atoms. The molecule has 3 saturated carbocycles. The molecule has 178 valence electrons. The van der Waals surface area contributed by atoms with E-state index in [9.17, 15) is 9.59 Å². The smallest absolute Gasteiger partial charge is 0.305 e. The predicted molar refractivity (Wildman–Crippen MR) is 124 cm³/mol. The first-order valence-electron chi connectivity index (χ1n) is 12.7. The molecule has 0 saturated heterocycles. The number of Topliss-reactive ketones (excluding diaryl/α,β-unsaturated/α-hetero) is 1. The Labute approximate surface area is 190 Å². The first kappa shape index (κ1) is 24.7. The zero-order valence-corrected chi connectivity index (χ0v) is 21.1. The number of esters is 1. The van der Waals surface area contributed by atoms with Crippen LogP contribution in [0.4, 0.5) is 0 Å². The van der Waals surface area contributed by atoms with Crippen molar-refractivity contribution in [2.45, 2.75) is 117 Å². The summed E-state index contributed by atoms with van der Waals surface area (Å²) in [6.07, 6.45) is 9.96. The Morgan fingerprint density at radius 2 is 1.84 bits per heavy atom. The summed E-state index contributed by atoms with van der Waals surface area (Å²) in [5, 5.41) is 0. The molecular weight excluding hydrogens is 388 g/mol. The zero-order valence-electron chi connectivity index (χ0n) is 21.1. The summed E-state index contributed by atoms with van der Waals surface area (Å²) in [5.74, 6) is 1.89. The summed E-state index contributed by atoms with van der Waals surface area (Å²) in [6.45, 7) is 13.4. The lowest BCUT2D eigenvalue weighted by Crippen LogP contribution is -2.56. The van der Waals surface area contributed by atoms with Crippen LogP contribution in [0.1, 0.15) is 106 Å². The van der Waals surface area contributed by atoms with Crippen molar-refractivity contribution in [2.75, 3.05) is 7.11 Å².